The number of carbonyl (C=O) groups is 1. The van der Waals surface area contributed by atoms with Crippen molar-refractivity contribution in [1.29, 1.82) is 0 Å². The average Bonchev–Trinajstić information content (AvgIpc) is 3.31. The van der Waals surface area contributed by atoms with Crippen molar-refractivity contribution >= 4 is 16.8 Å². The molecule has 0 spiro atoms. The quantitative estimate of drug-likeness (QED) is 0.608. The second-order valence-corrected chi connectivity index (χ2v) is 5.81. The lowest BCUT2D eigenvalue weighted by Gasteiger charge is -2.08. The maximum absolute atomic E-state index is 12.2. The van der Waals surface area contributed by atoms with E-state index in [1.165, 1.54) is 0 Å². The molecule has 1 N–H and O–H groups in total. The minimum absolute atomic E-state index is 0.0311. The summed E-state index contributed by atoms with van der Waals surface area (Å²) in [6, 6.07) is 17.6. The van der Waals surface area contributed by atoms with Crippen molar-refractivity contribution in [3.63, 3.8) is 0 Å². The highest BCUT2D eigenvalue weighted by Crippen LogP contribution is 2.17. The lowest BCUT2D eigenvalue weighted by Crippen LogP contribution is -2.26. The third-order valence-corrected chi connectivity index (χ3v) is 4.08. The van der Waals surface area contributed by atoms with Crippen LogP contribution in [-0.2, 0) is 17.9 Å². The van der Waals surface area contributed by atoms with E-state index in [4.69, 9.17) is 4.42 Å². The topological polar surface area (TPSA) is 60.1 Å². The first kappa shape index (κ1) is 15.2. The molecular weight excluding hydrogens is 314 g/mol. The molecule has 0 aliphatic carbocycles. The second kappa shape index (κ2) is 6.65. The minimum atomic E-state index is -0.0311. The lowest BCUT2D eigenvalue weighted by atomic mass is 10.2. The largest absolute Gasteiger partial charge is 0.463 e. The van der Waals surface area contributed by atoms with Gasteiger partial charge in [-0.25, -0.2) is 0 Å². The number of hydrogen-bond donors (Lipinski definition) is 1. The van der Waals surface area contributed by atoms with E-state index in [-0.39, 0.29) is 5.91 Å². The Labute approximate surface area is 144 Å². The van der Waals surface area contributed by atoms with Gasteiger partial charge >= 0.3 is 0 Å². The van der Waals surface area contributed by atoms with E-state index in [0.29, 0.717) is 13.1 Å². The fourth-order valence-corrected chi connectivity index (χ4v) is 2.79. The fourth-order valence-electron chi connectivity index (χ4n) is 2.79. The zero-order valence-electron chi connectivity index (χ0n) is 13.6. The monoisotopic (exact) mass is 331 g/mol. The van der Waals surface area contributed by atoms with Crippen LogP contribution in [0.25, 0.3) is 22.4 Å². The van der Waals surface area contributed by atoms with Gasteiger partial charge in [-0.05, 0) is 41.3 Å². The highest BCUT2D eigenvalue weighted by Gasteiger charge is 2.07. The van der Waals surface area contributed by atoms with Crippen LogP contribution >= 0.6 is 0 Å². The molecule has 0 unspecified atom stereocenters. The summed E-state index contributed by atoms with van der Waals surface area (Å²) in [5, 5.41) is 4.07. The van der Waals surface area contributed by atoms with Crippen LogP contribution in [0.2, 0.25) is 0 Å². The van der Waals surface area contributed by atoms with Gasteiger partial charge in [-0.15, -0.1) is 0 Å². The molecule has 3 heterocycles. The third-order valence-electron chi connectivity index (χ3n) is 4.08. The van der Waals surface area contributed by atoms with Crippen LogP contribution in [-0.4, -0.2) is 15.5 Å². The lowest BCUT2D eigenvalue weighted by molar-refractivity contribution is -0.121. The zero-order valence-corrected chi connectivity index (χ0v) is 13.6. The number of para-hydroxylation sites is 1. The summed E-state index contributed by atoms with van der Waals surface area (Å²) in [6.07, 6.45) is 5.31. The number of benzene rings is 1. The first-order chi connectivity index (χ1) is 12.3. The van der Waals surface area contributed by atoms with Gasteiger partial charge in [0.1, 0.15) is 12.2 Å². The first-order valence-corrected chi connectivity index (χ1v) is 8.09. The summed E-state index contributed by atoms with van der Waals surface area (Å²) < 4.78 is 7.26. The summed E-state index contributed by atoms with van der Waals surface area (Å²) in [4.78, 5) is 16.6. The van der Waals surface area contributed by atoms with Gasteiger partial charge in [0.05, 0.1) is 6.26 Å². The van der Waals surface area contributed by atoms with E-state index in [1.54, 1.807) is 12.5 Å². The second-order valence-electron chi connectivity index (χ2n) is 5.81. The number of pyridine rings is 1. The maximum Gasteiger partial charge on any atom is 0.240 e. The van der Waals surface area contributed by atoms with E-state index in [1.807, 2.05) is 65.4 Å². The van der Waals surface area contributed by atoms with E-state index >= 15 is 0 Å². The van der Waals surface area contributed by atoms with Crippen molar-refractivity contribution < 1.29 is 9.21 Å². The molecule has 5 nitrogen and oxygen atoms in total. The maximum atomic E-state index is 12.2. The molecule has 0 aliphatic heterocycles. The molecule has 0 radical (unpaired) electrons. The predicted octanol–water partition coefficient (Wildman–Crippen LogP) is 3.61. The van der Waals surface area contributed by atoms with Crippen LogP contribution < -0.4 is 5.32 Å². The van der Waals surface area contributed by atoms with Crippen LogP contribution in [0.3, 0.4) is 0 Å². The number of aromatic nitrogens is 2. The van der Waals surface area contributed by atoms with Gasteiger partial charge in [-0.3, -0.25) is 9.78 Å². The van der Waals surface area contributed by atoms with Crippen LogP contribution in [0.5, 0.6) is 0 Å². The third kappa shape index (κ3) is 3.30. The van der Waals surface area contributed by atoms with Crippen LogP contribution in [0, 0.1) is 0 Å². The van der Waals surface area contributed by atoms with Gasteiger partial charge < -0.3 is 14.3 Å². The first-order valence-electron chi connectivity index (χ1n) is 8.09. The molecule has 0 atom stereocenters. The number of carbonyl (C=O) groups excluding carboxylic acids is 1. The predicted molar refractivity (Wildman–Crippen MR) is 95.7 cm³/mol. The van der Waals surface area contributed by atoms with Gasteiger partial charge in [-0.2, -0.15) is 0 Å². The van der Waals surface area contributed by atoms with Crippen LogP contribution in [0.15, 0.2) is 77.7 Å². The standard InChI is InChI=1S/C20H17N3O2/c24-20(14-23-10-9-16-4-1-2-5-18(16)23)22-13-15-7-8-17(21-12-15)19-6-3-11-25-19/h1-12H,13-14H2,(H,22,24). The van der Waals surface area contributed by atoms with Gasteiger partial charge in [-0.1, -0.05) is 24.3 Å². The number of hydrogen-bond acceptors (Lipinski definition) is 3. The van der Waals surface area contributed by atoms with Crippen molar-refractivity contribution in [3.05, 3.63) is 78.8 Å². The Bertz CT molecular complexity index is 985. The molecular formula is C20H17N3O2. The summed E-state index contributed by atoms with van der Waals surface area (Å²) >= 11 is 0. The Kier molecular flexibility index (Phi) is 4.04. The number of fused-ring (bicyclic) bond motifs is 1. The molecule has 3 aromatic heterocycles. The Balaban J connectivity index is 1.37. The summed E-state index contributed by atoms with van der Waals surface area (Å²) in [6.45, 7) is 0.745. The van der Waals surface area contributed by atoms with E-state index < -0.39 is 0 Å². The van der Waals surface area contributed by atoms with Crippen molar-refractivity contribution in [2.24, 2.45) is 0 Å². The Morgan fingerprint density at radius 2 is 2.00 bits per heavy atom. The molecule has 0 aliphatic rings. The summed E-state index contributed by atoms with van der Waals surface area (Å²) in [5.41, 5.74) is 2.78. The molecule has 0 saturated carbocycles. The van der Waals surface area contributed by atoms with Crippen LogP contribution in [0.1, 0.15) is 5.56 Å². The molecule has 4 rings (SSSR count). The van der Waals surface area contributed by atoms with Gasteiger partial charge in [0.25, 0.3) is 0 Å². The van der Waals surface area contributed by atoms with Gasteiger partial charge in [0, 0.05) is 24.5 Å². The van der Waals surface area contributed by atoms with E-state index in [0.717, 1.165) is 27.9 Å². The van der Waals surface area contributed by atoms with Gasteiger partial charge in [0.15, 0.2) is 5.76 Å². The molecule has 0 saturated heterocycles. The summed E-state index contributed by atoms with van der Waals surface area (Å²) in [5.74, 6) is 0.700. The van der Waals surface area contributed by atoms with Crippen molar-refractivity contribution in [2.45, 2.75) is 13.1 Å². The number of nitrogens with one attached hydrogen (secondary N) is 1. The average molecular weight is 331 g/mol. The number of rotatable bonds is 5. The molecule has 0 fully saturated rings. The molecule has 25 heavy (non-hydrogen) atoms. The molecule has 124 valence electrons. The van der Waals surface area contributed by atoms with Gasteiger partial charge in [0.2, 0.25) is 5.91 Å². The van der Waals surface area contributed by atoms with Crippen molar-refractivity contribution in [1.82, 2.24) is 14.9 Å². The van der Waals surface area contributed by atoms with Crippen molar-refractivity contribution in [2.75, 3.05) is 0 Å². The number of amides is 1. The molecule has 0 bridgehead atoms. The molecule has 5 heteroatoms. The molecule has 1 aromatic carbocycles. The zero-order chi connectivity index (χ0) is 17.1. The SMILES string of the molecule is O=C(Cn1ccc2ccccc21)NCc1ccc(-c2ccco2)nc1. The number of nitrogens with zero attached hydrogens (tertiary/aromatic N) is 2. The Morgan fingerprint density at radius 1 is 1.08 bits per heavy atom. The smallest absolute Gasteiger partial charge is 0.240 e. The summed E-state index contributed by atoms with van der Waals surface area (Å²) in [7, 11) is 0. The number of furan rings is 1. The molecule has 1 amide bonds. The Morgan fingerprint density at radius 3 is 2.80 bits per heavy atom. The minimum Gasteiger partial charge on any atom is -0.463 e. The normalized spacial score (nSPS) is 10.9. The van der Waals surface area contributed by atoms with Crippen molar-refractivity contribution in [3.8, 4) is 11.5 Å². The fraction of sp³-hybridized carbons (Fsp3) is 0.100. The van der Waals surface area contributed by atoms with E-state index in [9.17, 15) is 4.79 Å². The van der Waals surface area contributed by atoms with Crippen LogP contribution in [0.4, 0.5) is 0 Å². The highest BCUT2D eigenvalue weighted by molar-refractivity contribution is 5.83. The highest BCUT2D eigenvalue weighted by atomic mass is 16.3. The van der Waals surface area contributed by atoms with E-state index in [2.05, 4.69) is 10.3 Å². The Hall–Kier alpha value is -3.34. The molecule has 4 aromatic rings.